The van der Waals surface area contributed by atoms with E-state index in [0.29, 0.717) is 5.82 Å². The van der Waals surface area contributed by atoms with Crippen LogP contribution in [0.25, 0.3) is 22.5 Å². The second-order valence-electron chi connectivity index (χ2n) is 5.75. The standard InChI is InChI=1S/C18H17N5O3.C2H6/c1-12(24)23(11-17(25)26)10-13-6-8-14(9-7-13)15-4-2-3-5-16(15)18-19-21-22-20-18;1-2/h2-9H,10-11H2,1H3,(H,25,26)(H,19,20,21,22);1-2H3. The molecule has 0 saturated carbocycles. The van der Waals surface area contributed by atoms with E-state index in [-0.39, 0.29) is 19.0 Å². The predicted molar refractivity (Wildman–Crippen MR) is 105 cm³/mol. The van der Waals surface area contributed by atoms with Crippen LogP contribution < -0.4 is 0 Å². The summed E-state index contributed by atoms with van der Waals surface area (Å²) in [6.45, 7) is 5.28. The fraction of sp³-hybridized carbons (Fsp3) is 0.250. The number of nitrogens with one attached hydrogen (secondary N) is 1. The Bertz CT molecular complexity index is 908. The summed E-state index contributed by atoms with van der Waals surface area (Å²) in [5, 5.41) is 23.0. The highest BCUT2D eigenvalue weighted by Gasteiger charge is 2.14. The van der Waals surface area contributed by atoms with Crippen LogP contribution in [0.2, 0.25) is 0 Å². The van der Waals surface area contributed by atoms with E-state index in [4.69, 9.17) is 5.11 Å². The number of aliphatic carboxylic acids is 1. The first-order chi connectivity index (χ1) is 13.5. The van der Waals surface area contributed by atoms with Gasteiger partial charge in [-0.2, -0.15) is 5.21 Å². The summed E-state index contributed by atoms with van der Waals surface area (Å²) < 4.78 is 0. The lowest BCUT2D eigenvalue weighted by atomic mass is 9.98. The number of tetrazole rings is 1. The summed E-state index contributed by atoms with van der Waals surface area (Å²) in [7, 11) is 0. The molecule has 0 aliphatic carbocycles. The molecule has 3 rings (SSSR count). The summed E-state index contributed by atoms with van der Waals surface area (Å²) in [5.74, 6) is -0.807. The van der Waals surface area contributed by atoms with E-state index in [1.54, 1.807) is 0 Å². The highest BCUT2D eigenvalue weighted by Crippen LogP contribution is 2.29. The molecule has 146 valence electrons. The minimum Gasteiger partial charge on any atom is -0.480 e. The van der Waals surface area contributed by atoms with E-state index in [1.165, 1.54) is 11.8 Å². The van der Waals surface area contributed by atoms with Crippen LogP contribution in [0.1, 0.15) is 26.3 Å². The monoisotopic (exact) mass is 381 g/mol. The molecule has 0 saturated heterocycles. The van der Waals surface area contributed by atoms with Crippen molar-refractivity contribution in [1.82, 2.24) is 25.5 Å². The van der Waals surface area contributed by atoms with Gasteiger partial charge >= 0.3 is 5.97 Å². The molecule has 0 atom stereocenters. The van der Waals surface area contributed by atoms with Gasteiger partial charge in [0.2, 0.25) is 11.7 Å². The fourth-order valence-corrected chi connectivity index (χ4v) is 2.66. The number of benzene rings is 2. The molecule has 1 amide bonds. The van der Waals surface area contributed by atoms with Gasteiger partial charge < -0.3 is 10.0 Å². The van der Waals surface area contributed by atoms with Gasteiger partial charge in [0.05, 0.1) is 0 Å². The number of aromatic amines is 1. The first kappa shape index (κ1) is 20.8. The van der Waals surface area contributed by atoms with Gasteiger partial charge in [0.1, 0.15) is 6.54 Å². The van der Waals surface area contributed by atoms with Crippen molar-refractivity contribution in [1.29, 1.82) is 0 Å². The van der Waals surface area contributed by atoms with Gasteiger partial charge in [0.25, 0.3) is 0 Å². The van der Waals surface area contributed by atoms with Gasteiger partial charge in [-0.1, -0.05) is 62.4 Å². The van der Waals surface area contributed by atoms with E-state index < -0.39 is 5.97 Å². The Morgan fingerprint density at radius 3 is 2.21 bits per heavy atom. The Morgan fingerprint density at radius 1 is 1.04 bits per heavy atom. The minimum atomic E-state index is -1.04. The van der Waals surface area contributed by atoms with Crippen LogP contribution in [0.4, 0.5) is 0 Å². The number of aromatic nitrogens is 4. The van der Waals surface area contributed by atoms with Crippen molar-refractivity contribution in [3.05, 3.63) is 54.1 Å². The lowest BCUT2D eigenvalue weighted by molar-refractivity contribution is -0.144. The molecule has 1 heterocycles. The number of hydrogen-bond acceptors (Lipinski definition) is 5. The number of hydrogen-bond donors (Lipinski definition) is 2. The van der Waals surface area contributed by atoms with E-state index in [1.807, 2.05) is 62.4 Å². The second-order valence-corrected chi connectivity index (χ2v) is 5.75. The summed E-state index contributed by atoms with van der Waals surface area (Å²) in [4.78, 5) is 23.8. The smallest absolute Gasteiger partial charge is 0.323 e. The fourth-order valence-electron chi connectivity index (χ4n) is 2.66. The molecule has 3 aromatic rings. The van der Waals surface area contributed by atoms with Crippen LogP contribution >= 0.6 is 0 Å². The zero-order valence-corrected chi connectivity index (χ0v) is 16.1. The van der Waals surface area contributed by atoms with E-state index in [9.17, 15) is 9.59 Å². The number of nitrogens with zero attached hydrogens (tertiary/aromatic N) is 4. The van der Waals surface area contributed by atoms with Crippen molar-refractivity contribution >= 4 is 11.9 Å². The molecular formula is C20H23N5O3. The third-order valence-corrected chi connectivity index (χ3v) is 3.92. The molecule has 0 radical (unpaired) electrons. The average molecular weight is 381 g/mol. The third kappa shape index (κ3) is 5.23. The first-order valence-corrected chi connectivity index (χ1v) is 8.94. The van der Waals surface area contributed by atoms with Gasteiger partial charge in [-0.15, -0.1) is 10.2 Å². The van der Waals surface area contributed by atoms with Crippen LogP contribution in [0.3, 0.4) is 0 Å². The van der Waals surface area contributed by atoms with Crippen LogP contribution in [-0.4, -0.2) is 49.1 Å². The normalized spacial score (nSPS) is 9.96. The summed E-state index contributed by atoms with van der Waals surface area (Å²) in [6.07, 6.45) is 0. The van der Waals surface area contributed by atoms with Crippen molar-refractivity contribution in [2.24, 2.45) is 0 Å². The molecule has 0 aliphatic heterocycles. The number of carboxylic acids is 1. The number of carboxylic acid groups (broad SMARTS) is 1. The average Bonchev–Trinajstić information content (AvgIpc) is 3.24. The van der Waals surface area contributed by atoms with E-state index >= 15 is 0 Å². The summed E-state index contributed by atoms with van der Waals surface area (Å²) >= 11 is 0. The molecule has 1 aromatic heterocycles. The number of rotatable bonds is 6. The molecule has 0 aliphatic rings. The molecule has 0 bridgehead atoms. The molecule has 2 aromatic carbocycles. The Hall–Kier alpha value is -3.55. The first-order valence-electron chi connectivity index (χ1n) is 8.94. The van der Waals surface area contributed by atoms with Crippen molar-refractivity contribution in [3.63, 3.8) is 0 Å². The largest absolute Gasteiger partial charge is 0.480 e. The van der Waals surface area contributed by atoms with Gasteiger partial charge in [-0.3, -0.25) is 9.59 Å². The molecule has 28 heavy (non-hydrogen) atoms. The van der Waals surface area contributed by atoms with E-state index in [0.717, 1.165) is 22.3 Å². The second kappa shape index (κ2) is 9.96. The summed E-state index contributed by atoms with van der Waals surface area (Å²) in [6, 6.07) is 15.3. The van der Waals surface area contributed by atoms with Crippen LogP contribution in [0, 0.1) is 0 Å². The number of carbonyl (C=O) groups is 2. The number of carbonyl (C=O) groups excluding carboxylic acids is 1. The van der Waals surface area contributed by atoms with Crippen LogP contribution in [0.5, 0.6) is 0 Å². The lowest BCUT2D eigenvalue weighted by Crippen LogP contribution is -2.33. The molecule has 8 nitrogen and oxygen atoms in total. The molecule has 8 heteroatoms. The lowest BCUT2D eigenvalue weighted by Gasteiger charge is -2.19. The Morgan fingerprint density at radius 2 is 1.68 bits per heavy atom. The van der Waals surface area contributed by atoms with E-state index in [2.05, 4.69) is 20.6 Å². The maximum atomic E-state index is 11.6. The molecular weight excluding hydrogens is 358 g/mol. The van der Waals surface area contributed by atoms with Crippen molar-refractivity contribution in [3.8, 4) is 22.5 Å². The highest BCUT2D eigenvalue weighted by molar-refractivity contribution is 5.81. The Balaban J connectivity index is 0.00000136. The van der Waals surface area contributed by atoms with Gasteiger partial charge in [-0.05, 0) is 21.9 Å². The Kier molecular flexibility index (Phi) is 7.38. The quantitative estimate of drug-likeness (QED) is 0.679. The molecule has 0 fully saturated rings. The maximum Gasteiger partial charge on any atom is 0.323 e. The number of amides is 1. The summed E-state index contributed by atoms with van der Waals surface area (Å²) in [5.41, 5.74) is 3.61. The highest BCUT2D eigenvalue weighted by atomic mass is 16.4. The van der Waals surface area contributed by atoms with Crippen LogP contribution in [0.15, 0.2) is 48.5 Å². The predicted octanol–water partition coefficient (Wildman–Crippen LogP) is 2.99. The minimum absolute atomic E-state index is 0.244. The van der Waals surface area contributed by atoms with Gasteiger partial charge in [0.15, 0.2) is 0 Å². The molecule has 2 N–H and O–H groups in total. The van der Waals surface area contributed by atoms with Gasteiger partial charge in [0, 0.05) is 19.0 Å². The van der Waals surface area contributed by atoms with Crippen molar-refractivity contribution in [2.75, 3.05) is 6.54 Å². The van der Waals surface area contributed by atoms with Crippen molar-refractivity contribution in [2.45, 2.75) is 27.3 Å². The zero-order valence-electron chi connectivity index (χ0n) is 16.1. The topological polar surface area (TPSA) is 112 Å². The van der Waals surface area contributed by atoms with Crippen LogP contribution in [-0.2, 0) is 16.1 Å². The van der Waals surface area contributed by atoms with Crippen molar-refractivity contribution < 1.29 is 14.7 Å². The third-order valence-electron chi connectivity index (χ3n) is 3.92. The zero-order chi connectivity index (χ0) is 20.5. The molecule has 0 spiro atoms. The Labute approximate surface area is 163 Å². The van der Waals surface area contributed by atoms with Gasteiger partial charge in [-0.25, -0.2) is 0 Å². The maximum absolute atomic E-state index is 11.6. The SMILES string of the molecule is CC.CC(=O)N(CC(=O)O)Cc1ccc(-c2ccccc2-c2nn[nH]n2)cc1. The number of H-pyrrole nitrogens is 1. The molecule has 0 unspecified atom stereocenters.